The molecule has 0 spiro atoms. The van der Waals surface area contributed by atoms with Gasteiger partial charge in [-0.1, -0.05) is 0 Å². The molecule has 1 heterocycles. The molecule has 3 N–H and O–H groups in total. The molecule has 1 aliphatic rings. The molecule has 1 amide bonds. The zero-order chi connectivity index (χ0) is 17.1. The highest BCUT2D eigenvalue weighted by atomic mass is 19.4. The minimum Gasteiger partial charge on any atom is -0.384 e. The Kier molecular flexibility index (Phi) is 4.80. The first-order valence-corrected chi connectivity index (χ1v) is 7.01. The molecule has 1 saturated heterocycles. The van der Waals surface area contributed by atoms with Crippen molar-refractivity contribution in [2.24, 2.45) is 11.1 Å². The van der Waals surface area contributed by atoms with E-state index in [1.54, 1.807) is 6.07 Å². The predicted molar refractivity (Wildman–Crippen MR) is 76.3 cm³/mol. The Balaban J connectivity index is 2.17. The second-order valence-corrected chi connectivity index (χ2v) is 5.48. The first-order valence-electron chi connectivity index (χ1n) is 7.01. The number of carbonyl (C=O) groups is 1. The summed E-state index contributed by atoms with van der Waals surface area (Å²) < 4.78 is 43.5. The standard InChI is InChI=1S/C15H16F3N3O2/c16-15(17,18)12-2-1-11(7-10(12)8-19)21-9-14(13(20)22)3-5-23-6-4-14/h1-2,7,21H,3-6,9H2,(H2,20,22). The number of nitrogens with zero attached hydrogens (tertiary/aromatic N) is 1. The molecule has 0 radical (unpaired) electrons. The Bertz CT molecular complexity index is 632. The van der Waals surface area contributed by atoms with Gasteiger partial charge in [0.25, 0.3) is 0 Å². The van der Waals surface area contributed by atoms with E-state index in [4.69, 9.17) is 15.7 Å². The van der Waals surface area contributed by atoms with E-state index in [0.29, 0.717) is 31.7 Å². The summed E-state index contributed by atoms with van der Waals surface area (Å²) in [4.78, 5) is 11.7. The number of nitrogens with two attached hydrogens (primary N) is 1. The number of hydrogen-bond acceptors (Lipinski definition) is 4. The lowest BCUT2D eigenvalue weighted by atomic mass is 9.79. The first kappa shape index (κ1) is 17.1. The zero-order valence-corrected chi connectivity index (χ0v) is 12.2. The van der Waals surface area contributed by atoms with Crippen molar-refractivity contribution in [2.75, 3.05) is 25.1 Å². The zero-order valence-electron chi connectivity index (χ0n) is 12.2. The van der Waals surface area contributed by atoms with Crippen LogP contribution in [0.5, 0.6) is 0 Å². The van der Waals surface area contributed by atoms with Gasteiger partial charge in [0, 0.05) is 25.4 Å². The van der Waals surface area contributed by atoms with Gasteiger partial charge < -0.3 is 15.8 Å². The average Bonchev–Trinajstić information content (AvgIpc) is 2.52. The summed E-state index contributed by atoms with van der Waals surface area (Å²) in [6, 6.07) is 4.75. The largest absolute Gasteiger partial charge is 0.417 e. The Labute approximate surface area is 131 Å². The quantitative estimate of drug-likeness (QED) is 0.888. The van der Waals surface area contributed by atoms with Crippen LogP contribution in [0.15, 0.2) is 18.2 Å². The van der Waals surface area contributed by atoms with Crippen LogP contribution in [0.4, 0.5) is 18.9 Å². The van der Waals surface area contributed by atoms with E-state index in [1.165, 1.54) is 6.07 Å². The molecule has 0 bridgehead atoms. The van der Waals surface area contributed by atoms with Crippen LogP contribution in [0.1, 0.15) is 24.0 Å². The maximum atomic E-state index is 12.8. The highest BCUT2D eigenvalue weighted by Crippen LogP contribution is 2.34. The van der Waals surface area contributed by atoms with E-state index in [2.05, 4.69) is 5.32 Å². The minimum atomic E-state index is -4.58. The van der Waals surface area contributed by atoms with Crippen LogP contribution in [0, 0.1) is 16.7 Å². The van der Waals surface area contributed by atoms with Gasteiger partial charge in [0.2, 0.25) is 5.91 Å². The number of primary amides is 1. The van der Waals surface area contributed by atoms with E-state index in [1.807, 2.05) is 0 Å². The van der Waals surface area contributed by atoms with Crippen molar-refractivity contribution in [1.29, 1.82) is 5.26 Å². The summed E-state index contributed by atoms with van der Waals surface area (Å²) in [5.74, 6) is -0.472. The molecule has 0 saturated carbocycles. The molecule has 1 aromatic rings. The van der Waals surface area contributed by atoms with Gasteiger partial charge in [-0.2, -0.15) is 18.4 Å². The SMILES string of the molecule is N#Cc1cc(NCC2(C(N)=O)CCOCC2)ccc1C(F)(F)F. The second-order valence-electron chi connectivity index (χ2n) is 5.48. The Morgan fingerprint density at radius 1 is 1.39 bits per heavy atom. The summed E-state index contributed by atoms with van der Waals surface area (Å²) >= 11 is 0. The molecule has 0 aliphatic carbocycles. The van der Waals surface area contributed by atoms with Gasteiger partial charge in [-0.3, -0.25) is 4.79 Å². The van der Waals surface area contributed by atoms with Crippen molar-refractivity contribution < 1.29 is 22.7 Å². The average molecular weight is 327 g/mol. The molecule has 0 atom stereocenters. The summed E-state index contributed by atoms with van der Waals surface area (Å²) in [5.41, 5.74) is 3.55. The van der Waals surface area contributed by atoms with Gasteiger partial charge in [-0.15, -0.1) is 0 Å². The van der Waals surface area contributed by atoms with Gasteiger partial charge in [-0.25, -0.2) is 0 Å². The number of nitrogens with one attached hydrogen (secondary N) is 1. The number of rotatable bonds is 4. The van der Waals surface area contributed by atoms with Crippen LogP contribution in [0.3, 0.4) is 0 Å². The van der Waals surface area contributed by atoms with Crippen molar-refractivity contribution in [3.63, 3.8) is 0 Å². The summed E-state index contributed by atoms with van der Waals surface area (Å²) in [6.07, 6.45) is -3.69. The fourth-order valence-electron chi connectivity index (χ4n) is 2.54. The molecule has 1 aliphatic heterocycles. The summed E-state index contributed by atoms with van der Waals surface area (Å²) in [5, 5.41) is 11.8. The number of ether oxygens (including phenoxy) is 1. The lowest BCUT2D eigenvalue weighted by Gasteiger charge is -2.34. The molecule has 1 fully saturated rings. The van der Waals surface area contributed by atoms with E-state index >= 15 is 0 Å². The normalized spacial score (nSPS) is 17.3. The lowest BCUT2D eigenvalue weighted by Crippen LogP contribution is -2.46. The van der Waals surface area contributed by atoms with E-state index in [0.717, 1.165) is 12.1 Å². The molecule has 0 aromatic heterocycles. The van der Waals surface area contributed by atoms with Crippen LogP contribution in [0.2, 0.25) is 0 Å². The fraction of sp³-hybridized carbons (Fsp3) is 0.467. The number of carbonyl (C=O) groups excluding carboxylic acids is 1. The van der Waals surface area contributed by atoms with Crippen LogP contribution < -0.4 is 11.1 Å². The Morgan fingerprint density at radius 3 is 2.57 bits per heavy atom. The fourth-order valence-corrected chi connectivity index (χ4v) is 2.54. The molecular weight excluding hydrogens is 311 g/mol. The third-order valence-corrected chi connectivity index (χ3v) is 4.05. The van der Waals surface area contributed by atoms with E-state index in [-0.39, 0.29) is 6.54 Å². The lowest BCUT2D eigenvalue weighted by molar-refractivity contribution is -0.137. The molecule has 8 heteroatoms. The number of nitriles is 1. The smallest absolute Gasteiger partial charge is 0.384 e. The van der Waals surface area contributed by atoms with Crippen molar-refractivity contribution >= 4 is 11.6 Å². The third kappa shape index (κ3) is 3.74. The number of anilines is 1. The number of benzene rings is 1. The van der Waals surface area contributed by atoms with Crippen LogP contribution in [0.25, 0.3) is 0 Å². The minimum absolute atomic E-state index is 0.182. The summed E-state index contributed by atoms with van der Waals surface area (Å²) in [7, 11) is 0. The van der Waals surface area contributed by atoms with Gasteiger partial charge in [-0.05, 0) is 31.0 Å². The molecule has 5 nitrogen and oxygen atoms in total. The van der Waals surface area contributed by atoms with E-state index < -0.39 is 28.6 Å². The maximum absolute atomic E-state index is 12.8. The predicted octanol–water partition coefficient (Wildman–Crippen LogP) is 2.27. The third-order valence-electron chi connectivity index (χ3n) is 4.05. The molecule has 1 aromatic carbocycles. The Morgan fingerprint density at radius 2 is 2.04 bits per heavy atom. The maximum Gasteiger partial charge on any atom is 0.417 e. The van der Waals surface area contributed by atoms with Crippen LogP contribution in [-0.2, 0) is 15.7 Å². The van der Waals surface area contributed by atoms with Crippen LogP contribution in [-0.4, -0.2) is 25.7 Å². The number of hydrogen-bond donors (Lipinski definition) is 2. The molecule has 124 valence electrons. The van der Waals surface area contributed by atoms with Crippen molar-refractivity contribution in [3.05, 3.63) is 29.3 Å². The highest BCUT2D eigenvalue weighted by Gasteiger charge is 2.38. The number of alkyl halides is 3. The highest BCUT2D eigenvalue weighted by molar-refractivity contribution is 5.81. The monoisotopic (exact) mass is 327 g/mol. The number of amides is 1. The van der Waals surface area contributed by atoms with Crippen LogP contribution >= 0.6 is 0 Å². The van der Waals surface area contributed by atoms with E-state index in [9.17, 15) is 18.0 Å². The van der Waals surface area contributed by atoms with Gasteiger partial charge in [0.05, 0.1) is 22.6 Å². The Hall–Kier alpha value is -2.27. The van der Waals surface area contributed by atoms with Crippen molar-refractivity contribution in [3.8, 4) is 6.07 Å². The van der Waals surface area contributed by atoms with Crippen molar-refractivity contribution in [2.45, 2.75) is 19.0 Å². The van der Waals surface area contributed by atoms with Gasteiger partial charge in [0.1, 0.15) is 0 Å². The molecule has 0 unspecified atom stereocenters. The topological polar surface area (TPSA) is 88.1 Å². The second kappa shape index (κ2) is 6.46. The van der Waals surface area contributed by atoms with Gasteiger partial charge >= 0.3 is 6.18 Å². The molecular formula is C15H16F3N3O2. The first-order chi connectivity index (χ1) is 10.8. The summed E-state index contributed by atoms with van der Waals surface area (Å²) in [6.45, 7) is 0.990. The van der Waals surface area contributed by atoms with Gasteiger partial charge in [0.15, 0.2) is 0 Å². The van der Waals surface area contributed by atoms with Crippen molar-refractivity contribution in [1.82, 2.24) is 0 Å². The molecule has 23 heavy (non-hydrogen) atoms. The number of halogens is 3. The molecule has 2 rings (SSSR count).